The van der Waals surface area contributed by atoms with E-state index >= 15 is 0 Å². The number of benzene rings is 1. The first-order valence-electron chi connectivity index (χ1n) is 7.63. The molecule has 0 unspecified atom stereocenters. The van der Waals surface area contributed by atoms with Gasteiger partial charge in [-0.3, -0.25) is 9.48 Å². The first-order valence-corrected chi connectivity index (χ1v) is 7.63. The minimum absolute atomic E-state index is 0.0470. The lowest BCUT2D eigenvalue weighted by Gasteiger charge is -2.14. The number of hydrogen-bond acceptors (Lipinski definition) is 6. The van der Waals surface area contributed by atoms with Crippen LogP contribution in [0.4, 0.5) is 5.69 Å². The molecule has 2 N–H and O–H groups in total. The number of phenols is 1. The first kappa shape index (κ1) is 18.3. The SMILES string of the molecule is COc1ccc(C(=O)O[C@H](C)C(=O)Nc2c(C)nn(C)c2C)c(O)c1. The third-order valence-electron chi connectivity index (χ3n) is 3.84. The molecule has 1 atom stereocenters. The molecular weight excluding hydrogens is 326 g/mol. The van der Waals surface area contributed by atoms with Gasteiger partial charge in [0, 0.05) is 13.1 Å². The molecule has 0 aliphatic rings. The van der Waals surface area contributed by atoms with Gasteiger partial charge < -0.3 is 19.9 Å². The summed E-state index contributed by atoms with van der Waals surface area (Å²) in [7, 11) is 3.22. The smallest absolute Gasteiger partial charge is 0.342 e. The molecule has 0 bridgehead atoms. The van der Waals surface area contributed by atoms with E-state index in [9.17, 15) is 14.7 Å². The van der Waals surface area contributed by atoms with Crippen LogP contribution in [-0.2, 0) is 16.6 Å². The van der Waals surface area contributed by atoms with Crippen LogP contribution in [0, 0.1) is 13.8 Å². The molecule has 1 heterocycles. The number of aromatic nitrogens is 2. The second-order valence-corrected chi connectivity index (χ2v) is 5.59. The topological polar surface area (TPSA) is 103 Å². The van der Waals surface area contributed by atoms with E-state index in [1.807, 2.05) is 6.92 Å². The van der Waals surface area contributed by atoms with Gasteiger partial charge in [0.15, 0.2) is 6.10 Å². The molecule has 0 aliphatic carbocycles. The van der Waals surface area contributed by atoms with Crippen molar-refractivity contribution in [1.82, 2.24) is 9.78 Å². The van der Waals surface area contributed by atoms with Crippen LogP contribution in [0.5, 0.6) is 11.5 Å². The third kappa shape index (κ3) is 3.90. The Hall–Kier alpha value is -3.03. The van der Waals surface area contributed by atoms with Crippen molar-refractivity contribution in [2.75, 3.05) is 12.4 Å². The first-order chi connectivity index (χ1) is 11.7. The molecule has 25 heavy (non-hydrogen) atoms. The molecule has 0 saturated carbocycles. The zero-order valence-electron chi connectivity index (χ0n) is 14.8. The molecule has 0 spiro atoms. The second-order valence-electron chi connectivity index (χ2n) is 5.59. The molecule has 2 rings (SSSR count). The second kappa shape index (κ2) is 7.25. The van der Waals surface area contributed by atoms with Gasteiger partial charge in [0.1, 0.15) is 17.1 Å². The minimum atomic E-state index is -1.05. The van der Waals surface area contributed by atoms with E-state index in [-0.39, 0.29) is 11.3 Å². The number of aromatic hydroxyl groups is 1. The molecule has 1 aromatic heterocycles. The predicted molar refractivity (Wildman–Crippen MR) is 90.8 cm³/mol. The summed E-state index contributed by atoms with van der Waals surface area (Å²) < 4.78 is 11.7. The monoisotopic (exact) mass is 347 g/mol. The summed E-state index contributed by atoms with van der Waals surface area (Å²) in [5.41, 5.74) is 1.99. The zero-order valence-corrected chi connectivity index (χ0v) is 14.8. The van der Waals surface area contributed by atoms with E-state index in [1.165, 1.54) is 32.2 Å². The van der Waals surface area contributed by atoms with Gasteiger partial charge in [0.05, 0.1) is 24.2 Å². The van der Waals surface area contributed by atoms with E-state index in [0.717, 1.165) is 5.69 Å². The number of hydrogen-bond donors (Lipinski definition) is 2. The van der Waals surface area contributed by atoms with Gasteiger partial charge in [0.25, 0.3) is 5.91 Å². The van der Waals surface area contributed by atoms with E-state index in [0.29, 0.717) is 17.1 Å². The van der Waals surface area contributed by atoms with Crippen molar-refractivity contribution in [2.45, 2.75) is 26.9 Å². The molecule has 0 radical (unpaired) electrons. The highest BCUT2D eigenvalue weighted by Crippen LogP contribution is 2.24. The van der Waals surface area contributed by atoms with Crippen LogP contribution in [0.15, 0.2) is 18.2 Å². The number of amides is 1. The fourth-order valence-electron chi connectivity index (χ4n) is 2.27. The van der Waals surface area contributed by atoms with Gasteiger partial charge in [-0.1, -0.05) is 0 Å². The highest BCUT2D eigenvalue weighted by Gasteiger charge is 2.23. The van der Waals surface area contributed by atoms with Gasteiger partial charge in [0.2, 0.25) is 0 Å². The summed E-state index contributed by atoms with van der Waals surface area (Å²) in [6.07, 6.45) is -1.05. The number of ether oxygens (including phenoxy) is 2. The average molecular weight is 347 g/mol. The van der Waals surface area contributed by atoms with Crippen molar-refractivity contribution in [2.24, 2.45) is 7.05 Å². The Morgan fingerprint density at radius 1 is 1.32 bits per heavy atom. The van der Waals surface area contributed by atoms with E-state index in [1.54, 1.807) is 18.7 Å². The fourth-order valence-corrected chi connectivity index (χ4v) is 2.27. The highest BCUT2D eigenvalue weighted by molar-refractivity contribution is 5.98. The Labute approximate surface area is 145 Å². The van der Waals surface area contributed by atoms with Crippen molar-refractivity contribution >= 4 is 17.6 Å². The maximum absolute atomic E-state index is 12.3. The molecular formula is C17H21N3O5. The minimum Gasteiger partial charge on any atom is -0.507 e. The Kier molecular flexibility index (Phi) is 5.31. The van der Waals surface area contributed by atoms with Crippen LogP contribution >= 0.6 is 0 Å². The molecule has 0 saturated heterocycles. The molecule has 1 amide bonds. The average Bonchev–Trinajstić information content (AvgIpc) is 2.80. The number of rotatable bonds is 5. The lowest BCUT2D eigenvalue weighted by molar-refractivity contribution is -0.123. The molecule has 0 aliphatic heterocycles. The quantitative estimate of drug-likeness (QED) is 0.801. The van der Waals surface area contributed by atoms with Crippen LogP contribution in [0.1, 0.15) is 28.7 Å². The van der Waals surface area contributed by atoms with Crippen molar-refractivity contribution < 1.29 is 24.2 Å². The van der Waals surface area contributed by atoms with E-state index < -0.39 is 18.0 Å². The van der Waals surface area contributed by atoms with Gasteiger partial charge in [-0.25, -0.2) is 4.79 Å². The van der Waals surface area contributed by atoms with Gasteiger partial charge >= 0.3 is 5.97 Å². The molecule has 2 aromatic rings. The van der Waals surface area contributed by atoms with Crippen molar-refractivity contribution in [3.05, 3.63) is 35.2 Å². The Bertz CT molecular complexity index is 813. The Balaban J connectivity index is 2.07. The summed E-state index contributed by atoms with van der Waals surface area (Å²) in [5.74, 6) is -1.17. The zero-order chi connectivity index (χ0) is 18.7. The summed E-state index contributed by atoms with van der Waals surface area (Å²) in [6, 6.07) is 4.18. The molecule has 8 nitrogen and oxygen atoms in total. The van der Waals surface area contributed by atoms with Crippen LogP contribution < -0.4 is 10.1 Å². The molecule has 134 valence electrons. The maximum atomic E-state index is 12.3. The van der Waals surface area contributed by atoms with Crippen LogP contribution in [-0.4, -0.2) is 40.0 Å². The van der Waals surface area contributed by atoms with Crippen molar-refractivity contribution in [3.63, 3.8) is 0 Å². The largest absolute Gasteiger partial charge is 0.507 e. The summed E-state index contributed by atoms with van der Waals surface area (Å²) >= 11 is 0. The number of carbonyl (C=O) groups is 2. The Morgan fingerprint density at radius 2 is 2.00 bits per heavy atom. The van der Waals surface area contributed by atoms with Crippen molar-refractivity contribution in [1.29, 1.82) is 0 Å². The number of nitrogens with zero attached hydrogens (tertiary/aromatic N) is 2. The molecule has 0 fully saturated rings. The number of aryl methyl sites for hydroxylation is 2. The number of methoxy groups -OCH3 is 1. The third-order valence-corrected chi connectivity index (χ3v) is 3.84. The number of anilines is 1. The fraction of sp³-hybridized carbons (Fsp3) is 0.353. The number of carbonyl (C=O) groups excluding carboxylic acids is 2. The normalized spacial score (nSPS) is 11.7. The lowest BCUT2D eigenvalue weighted by Crippen LogP contribution is -2.30. The van der Waals surface area contributed by atoms with Gasteiger partial charge in [-0.15, -0.1) is 0 Å². The summed E-state index contributed by atoms with van der Waals surface area (Å²) in [5, 5.41) is 16.8. The highest BCUT2D eigenvalue weighted by atomic mass is 16.5. The van der Waals surface area contributed by atoms with Gasteiger partial charge in [-0.2, -0.15) is 5.10 Å². The maximum Gasteiger partial charge on any atom is 0.342 e. The number of esters is 1. The van der Waals surface area contributed by atoms with Crippen LogP contribution in [0.2, 0.25) is 0 Å². The number of phenolic OH excluding ortho intramolecular Hbond substituents is 1. The summed E-state index contributed by atoms with van der Waals surface area (Å²) in [4.78, 5) is 24.4. The molecule has 8 heteroatoms. The molecule has 1 aromatic carbocycles. The van der Waals surface area contributed by atoms with Crippen LogP contribution in [0.25, 0.3) is 0 Å². The predicted octanol–water partition coefficient (Wildman–Crippen LogP) is 1.94. The number of nitrogens with one attached hydrogen (secondary N) is 1. The standard InChI is InChI=1S/C17H21N3O5/c1-9-15(10(2)20(4)19-9)18-16(22)11(3)25-17(23)13-7-6-12(24-5)8-14(13)21/h6-8,11,21H,1-5H3,(H,18,22)/t11-/m1/s1. The van der Waals surface area contributed by atoms with Crippen LogP contribution in [0.3, 0.4) is 0 Å². The van der Waals surface area contributed by atoms with E-state index in [4.69, 9.17) is 9.47 Å². The van der Waals surface area contributed by atoms with Gasteiger partial charge in [-0.05, 0) is 32.9 Å². The van der Waals surface area contributed by atoms with E-state index in [2.05, 4.69) is 10.4 Å². The Morgan fingerprint density at radius 3 is 2.52 bits per heavy atom. The summed E-state index contributed by atoms with van der Waals surface area (Å²) in [6.45, 7) is 5.05. The lowest BCUT2D eigenvalue weighted by atomic mass is 10.2. The van der Waals surface area contributed by atoms with Crippen molar-refractivity contribution in [3.8, 4) is 11.5 Å².